The summed E-state index contributed by atoms with van der Waals surface area (Å²) in [6.45, 7) is 6.35. The molecule has 0 aliphatic carbocycles. The normalized spacial score (nSPS) is 13.2. The summed E-state index contributed by atoms with van der Waals surface area (Å²) in [5.74, 6) is -0.953. The molecule has 0 aliphatic rings. The van der Waals surface area contributed by atoms with Gasteiger partial charge in [-0.2, -0.15) is 0 Å². The molecule has 6 heteroatoms. The van der Waals surface area contributed by atoms with Gasteiger partial charge in [-0.05, 0) is 148 Å². The number of ether oxygens (including phenoxy) is 3. The predicted octanol–water partition coefficient (Wildman–Crippen LogP) is 22.1. The van der Waals surface area contributed by atoms with Crippen molar-refractivity contribution in [3.8, 4) is 0 Å². The van der Waals surface area contributed by atoms with E-state index < -0.39 is 6.10 Å². The SMILES string of the molecule is CC/C=C\C/C=C\C/C=C\C/C=C\C/C=C\C/C=C\C/C=C\CCCCCCCC(=O)OCC(COC(=O)CCCCCCC/C=C\CCCCCC)OC(=O)CCCCCCC/C=C\C/C=C\C/C=C\C/C=C\C/C=C\CC. The minimum atomic E-state index is -0.809. The highest BCUT2D eigenvalue weighted by Crippen LogP contribution is 2.14. The van der Waals surface area contributed by atoms with E-state index in [9.17, 15) is 14.4 Å². The van der Waals surface area contributed by atoms with E-state index in [1.54, 1.807) is 0 Å². The summed E-state index contributed by atoms with van der Waals surface area (Å²) in [5.41, 5.74) is 0. The molecular weight excluding hydrogens is 973 g/mol. The molecule has 0 spiro atoms. The third-order valence-electron chi connectivity index (χ3n) is 13.0. The number of hydrogen-bond donors (Lipinski definition) is 0. The number of allylic oxidation sites excluding steroid dienone is 26. The van der Waals surface area contributed by atoms with Gasteiger partial charge in [0.1, 0.15) is 13.2 Å². The fourth-order valence-corrected chi connectivity index (χ4v) is 8.27. The van der Waals surface area contributed by atoms with Crippen molar-refractivity contribution in [1.82, 2.24) is 0 Å². The van der Waals surface area contributed by atoms with E-state index in [0.29, 0.717) is 19.3 Å². The van der Waals surface area contributed by atoms with Gasteiger partial charge in [-0.3, -0.25) is 14.4 Å². The summed E-state index contributed by atoms with van der Waals surface area (Å²) in [7, 11) is 0. The van der Waals surface area contributed by atoms with E-state index in [2.05, 4.69) is 179 Å². The maximum atomic E-state index is 12.9. The Kier molecular flexibility index (Phi) is 61.4. The molecule has 0 aromatic carbocycles. The summed E-state index contributed by atoms with van der Waals surface area (Å²) in [5, 5.41) is 0. The fourth-order valence-electron chi connectivity index (χ4n) is 8.27. The highest BCUT2D eigenvalue weighted by Gasteiger charge is 2.19. The van der Waals surface area contributed by atoms with Gasteiger partial charge in [0.05, 0.1) is 0 Å². The van der Waals surface area contributed by atoms with E-state index in [0.717, 1.165) is 186 Å². The van der Waals surface area contributed by atoms with Gasteiger partial charge in [0, 0.05) is 19.3 Å². The van der Waals surface area contributed by atoms with Crippen LogP contribution in [0, 0.1) is 0 Å². The minimum absolute atomic E-state index is 0.103. The lowest BCUT2D eigenvalue weighted by atomic mass is 10.1. The monoisotopic (exact) mass is 1090 g/mol. The average molecular weight is 1090 g/mol. The van der Waals surface area contributed by atoms with Gasteiger partial charge in [-0.15, -0.1) is 0 Å². The molecule has 0 bridgehead atoms. The Morgan fingerprint density at radius 2 is 0.494 bits per heavy atom. The minimum Gasteiger partial charge on any atom is -0.462 e. The van der Waals surface area contributed by atoms with Gasteiger partial charge in [-0.25, -0.2) is 0 Å². The molecule has 1 atom stereocenters. The van der Waals surface area contributed by atoms with Gasteiger partial charge in [0.15, 0.2) is 6.10 Å². The first-order valence-corrected chi connectivity index (χ1v) is 32.0. The van der Waals surface area contributed by atoms with Gasteiger partial charge in [-0.1, -0.05) is 256 Å². The second-order valence-electron chi connectivity index (χ2n) is 20.5. The Morgan fingerprint density at radius 1 is 0.266 bits per heavy atom. The first kappa shape index (κ1) is 74.0. The van der Waals surface area contributed by atoms with Crippen LogP contribution in [0.1, 0.15) is 265 Å². The first-order valence-electron chi connectivity index (χ1n) is 32.0. The summed E-state index contributed by atoms with van der Waals surface area (Å²) >= 11 is 0. The van der Waals surface area contributed by atoms with Crippen LogP contribution in [-0.4, -0.2) is 37.2 Å². The highest BCUT2D eigenvalue weighted by molar-refractivity contribution is 5.71. The van der Waals surface area contributed by atoms with E-state index >= 15 is 0 Å². The van der Waals surface area contributed by atoms with Gasteiger partial charge in [0.25, 0.3) is 0 Å². The summed E-state index contributed by atoms with van der Waals surface area (Å²) in [6, 6.07) is 0. The maximum Gasteiger partial charge on any atom is 0.306 e. The zero-order valence-corrected chi connectivity index (χ0v) is 50.8. The zero-order valence-electron chi connectivity index (χ0n) is 50.8. The molecule has 0 radical (unpaired) electrons. The van der Waals surface area contributed by atoms with Crippen molar-refractivity contribution in [1.29, 1.82) is 0 Å². The molecule has 444 valence electrons. The lowest BCUT2D eigenvalue weighted by molar-refractivity contribution is -0.167. The van der Waals surface area contributed by atoms with Crippen LogP contribution in [0.2, 0.25) is 0 Å². The largest absolute Gasteiger partial charge is 0.462 e. The summed E-state index contributed by atoms with van der Waals surface area (Å²) in [4.78, 5) is 38.3. The molecule has 0 aliphatic heterocycles. The van der Waals surface area contributed by atoms with Crippen molar-refractivity contribution in [2.24, 2.45) is 0 Å². The number of unbranched alkanes of at least 4 members (excludes halogenated alkanes) is 19. The molecule has 0 heterocycles. The van der Waals surface area contributed by atoms with Crippen LogP contribution in [-0.2, 0) is 28.6 Å². The number of carbonyl (C=O) groups is 3. The average Bonchev–Trinajstić information content (AvgIpc) is 3.45. The Balaban J connectivity index is 4.45. The molecule has 6 nitrogen and oxygen atoms in total. The van der Waals surface area contributed by atoms with Gasteiger partial charge >= 0.3 is 17.9 Å². The van der Waals surface area contributed by atoms with Crippen LogP contribution >= 0.6 is 0 Å². The van der Waals surface area contributed by atoms with Crippen LogP contribution in [0.5, 0.6) is 0 Å². The number of rotatable bonds is 56. The lowest BCUT2D eigenvalue weighted by Gasteiger charge is -2.18. The number of hydrogen-bond acceptors (Lipinski definition) is 6. The van der Waals surface area contributed by atoms with Crippen molar-refractivity contribution in [3.63, 3.8) is 0 Å². The first-order chi connectivity index (χ1) is 39.0. The quantitative estimate of drug-likeness (QED) is 0.0261. The third-order valence-corrected chi connectivity index (χ3v) is 13.0. The van der Waals surface area contributed by atoms with E-state index in [4.69, 9.17) is 14.2 Å². The second kappa shape index (κ2) is 65.5. The molecular formula is C73H116O6. The molecule has 0 fully saturated rings. The van der Waals surface area contributed by atoms with E-state index in [1.807, 2.05) is 0 Å². The molecule has 0 saturated carbocycles. The van der Waals surface area contributed by atoms with Crippen LogP contribution < -0.4 is 0 Å². The van der Waals surface area contributed by atoms with E-state index in [-0.39, 0.29) is 31.1 Å². The van der Waals surface area contributed by atoms with Crippen LogP contribution in [0.4, 0.5) is 0 Å². The lowest BCUT2D eigenvalue weighted by Crippen LogP contribution is -2.30. The Bertz CT molecular complexity index is 1780. The predicted molar refractivity (Wildman–Crippen MR) is 343 cm³/mol. The van der Waals surface area contributed by atoms with Crippen molar-refractivity contribution < 1.29 is 28.6 Å². The van der Waals surface area contributed by atoms with Crippen molar-refractivity contribution >= 4 is 17.9 Å². The topological polar surface area (TPSA) is 78.9 Å². The number of carbonyl (C=O) groups excluding carboxylic acids is 3. The van der Waals surface area contributed by atoms with Crippen molar-refractivity contribution in [3.05, 3.63) is 158 Å². The Hall–Kier alpha value is -4.97. The summed E-state index contributed by atoms with van der Waals surface area (Å²) < 4.78 is 16.9. The fraction of sp³-hybridized carbons (Fsp3) is 0.603. The summed E-state index contributed by atoms with van der Waals surface area (Å²) in [6.07, 6.45) is 95.2. The zero-order chi connectivity index (χ0) is 57.1. The van der Waals surface area contributed by atoms with Crippen LogP contribution in [0.25, 0.3) is 0 Å². The molecule has 0 saturated heterocycles. The molecule has 1 unspecified atom stereocenters. The molecule has 79 heavy (non-hydrogen) atoms. The van der Waals surface area contributed by atoms with Crippen LogP contribution in [0.15, 0.2) is 158 Å². The second-order valence-corrected chi connectivity index (χ2v) is 20.5. The third kappa shape index (κ3) is 63.7. The Morgan fingerprint density at radius 3 is 0.785 bits per heavy atom. The molecule has 0 N–H and O–H groups in total. The Labute approximate surface area is 486 Å². The van der Waals surface area contributed by atoms with Gasteiger partial charge in [0.2, 0.25) is 0 Å². The van der Waals surface area contributed by atoms with Crippen molar-refractivity contribution in [2.75, 3.05) is 13.2 Å². The molecule has 0 aromatic rings. The van der Waals surface area contributed by atoms with Crippen molar-refractivity contribution in [2.45, 2.75) is 271 Å². The molecule has 0 aromatic heterocycles. The van der Waals surface area contributed by atoms with Crippen LogP contribution in [0.3, 0.4) is 0 Å². The molecule has 0 rings (SSSR count). The standard InChI is InChI=1S/C73H116O6/c1-4-7-10-13-16-19-22-25-27-29-31-33-34-35-36-37-38-40-41-43-45-48-51-54-57-60-63-66-72(75)78-69-70(68-77-71(74)65-62-59-56-53-50-47-24-21-18-15-12-9-6-3)79-73(76)67-64-61-58-55-52-49-46-44-42-39-32-30-28-26-23-20-17-14-11-8-5-2/h7-8,10-11,16-17,19-21,24-28,31-33,35-36,38-40,43-46,70H,4-6,9,12-15,18,22-23,29-30,34,37,41-42,47-69H2,1-3H3/b10-7-,11-8-,19-16-,20-17-,24-21-,27-25-,28-26-,33-31-,36-35-,39-32-,40-38-,45-43-,46-44-. The maximum absolute atomic E-state index is 12.9. The number of esters is 3. The molecule has 0 amide bonds. The smallest absolute Gasteiger partial charge is 0.306 e. The van der Waals surface area contributed by atoms with Gasteiger partial charge < -0.3 is 14.2 Å². The highest BCUT2D eigenvalue weighted by atomic mass is 16.6. The van der Waals surface area contributed by atoms with E-state index in [1.165, 1.54) is 38.5 Å².